The highest BCUT2D eigenvalue weighted by molar-refractivity contribution is 5.25. The molecule has 1 saturated heterocycles. The first-order valence-electron chi connectivity index (χ1n) is 5.82. The van der Waals surface area contributed by atoms with Gasteiger partial charge in [-0.1, -0.05) is 43.7 Å². The monoisotopic (exact) mass is 203 g/mol. The number of hydrogen-bond donors (Lipinski definition) is 1. The number of rotatable bonds is 3. The van der Waals surface area contributed by atoms with E-state index in [9.17, 15) is 0 Å². The van der Waals surface area contributed by atoms with Gasteiger partial charge in [-0.05, 0) is 12.0 Å². The van der Waals surface area contributed by atoms with E-state index >= 15 is 0 Å². The maximum absolute atomic E-state index is 4.86. The fourth-order valence-electron chi connectivity index (χ4n) is 2.37. The van der Waals surface area contributed by atoms with Gasteiger partial charge < -0.3 is 5.32 Å². The zero-order valence-electron chi connectivity index (χ0n) is 9.37. The zero-order valence-corrected chi connectivity index (χ0v) is 9.37. The summed E-state index contributed by atoms with van der Waals surface area (Å²) in [6.07, 6.45) is 2.32. The summed E-state index contributed by atoms with van der Waals surface area (Å²) in [5.74, 6) is 0. The molecule has 0 aromatic heterocycles. The molecule has 1 radical (unpaired) electrons. The van der Waals surface area contributed by atoms with Gasteiger partial charge in [-0.2, -0.15) is 0 Å². The Balaban J connectivity index is 2.25. The van der Waals surface area contributed by atoms with Crippen LogP contribution in [0.2, 0.25) is 0 Å². The summed E-state index contributed by atoms with van der Waals surface area (Å²) in [7, 11) is 0. The number of piperazine rings is 1. The van der Waals surface area contributed by atoms with Crippen molar-refractivity contribution >= 4 is 0 Å². The third kappa shape index (κ3) is 2.21. The highest BCUT2D eigenvalue weighted by Gasteiger charge is 2.33. The average molecular weight is 203 g/mol. The van der Waals surface area contributed by atoms with E-state index < -0.39 is 0 Å². The van der Waals surface area contributed by atoms with Crippen molar-refractivity contribution in [3.8, 4) is 0 Å². The van der Waals surface area contributed by atoms with Gasteiger partial charge in [-0.3, -0.25) is 0 Å². The molecular weight excluding hydrogens is 184 g/mol. The minimum atomic E-state index is 0.0360. The lowest BCUT2D eigenvalue weighted by atomic mass is 9.84. The molecule has 1 atom stereocenters. The fraction of sp³-hybridized carbons (Fsp3) is 0.538. The standard InChI is InChI=1S/C13H19N2/c1-2-8-13(11-14-9-10-15-13)12-6-4-3-5-7-12/h3-7,14H,2,8-11H2,1H3. The van der Waals surface area contributed by atoms with Crippen molar-refractivity contribution < 1.29 is 0 Å². The molecule has 0 saturated carbocycles. The van der Waals surface area contributed by atoms with Gasteiger partial charge in [0.15, 0.2) is 0 Å². The topological polar surface area (TPSA) is 26.1 Å². The van der Waals surface area contributed by atoms with Crippen molar-refractivity contribution in [2.75, 3.05) is 19.6 Å². The van der Waals surface area contributed by atoms with Crippen LogP contribution in [0.15, 0.2) is 30.3 Å². The lowest BCUT2D eigenvalue weighted by Gasteiger charge is -2.37. The van der Waals surface area contributed by atoms with E-state index in [2.05, 4.69) is 42.6 Å². The van der Waals surface area contributed by atoms with Gasteiger partial charge in [0.05, 0.1) is 5.54 Å². The first-order valence-corrected chi connectivity index (χ1v) is 5.82. The lowest BCUT2D eigenvalue weighted by molar-refractivity contribution is 0.249. The van der Waals surface area contributed by atoms with Crippen LogP contribution in [0.3, 0.4) is 0 Å². The van der Waals surface area contributed by atoms with Gasteiger partial charge >= 0.3 is 0 Å². The van der Waals surface area contributed by atoms with Crippen LogP contribution in [0.25, 0.3) is 0 Å². The summed E-state index contributed by atoms with van der Waals surface area (Å²) in [4.78, 5) is 0. The SMILES string of the molecule is CCCC1(c2ccccc2)CNCC[N]1. The van der Waals surface area contributed by atoms with Gasteiger partial charge in [-0.15, -0.1) is 0 Å². The van der Waals surface area contributed by atoms with E-state index in [0.717, 1.165) is 26.1 Å². The smallest absolute Gasteiger partial charge is 0.0729 e. The van der Waals surface area contributed by atoms with Crippen LogP contribution in [-0.2, 0) is 5.54 Å². The van der Waals surface area contributed by atoms with Crippen LogP contribution in [0.5, 0.6) is 0 Å². The molecule has 1 unspecified atom stereocenters. The van der Waals surface area contributed by atoms with Crippen molar-refractivity contribution in [3.05, 3.63) is 35.9 Å². The summed E-state index contributed by atoms with van der Waals surface area (Å²) in [5.41, 5.74) is 1.40. The highest BCUT2D eigenvalue weighted by atomic mass is 15.1. The van der Waals surface area contributed by atoms with Gasteiger partial charge in [0.25, 0.3) is 0 Å². The van der Waals surface area contributed by atoms with Crippen LogP contribution in [0, 0.1) is 0 Å². The van der Waals surface area contributed by atoms with E-state index in [4.69, 9.17) is 5.32 Å². The average Bonchev–Trinajstić information content (AvgIpc) is 2.32. The van der Waals surface area contributed by atoms with Gasteiger partial charge in [-0.25, -0.2) is 5.32 Å². The second-order valence-electron chi connectivity index (χ2n) is 4.21. The third-order valence-corrected chi connectivity index (χ3v) is 3.10. The van der Waals surface area contributed by atoms with Gasteiger partial charge in [0.1, 0.15) is 0 Å². The van der Waals surface area contributed by atoms with Gasteiger partial charge in [0.2, 0.25) is 0 Å². The predicted octanol–water partition coefficient (Wildman–Crippen LogP) is 1.89. The molecule has 0 bridgehead atoms. The summed E-state index contributed by atoms with van der Waals surface area (Å²) in [6.45, 7) is 5.19. The minimum Gasteiger partial charge on any atom is -0.313 e. The molecule has 2 rings (SSSR count). The summed E-state index contributed by atoms with van der Waals surface area (Å²) in [5, 5.41) is 8.32. The molecule has 81 valence electrons. The molecule has 1 aliphatic heterocycles. The molecule has 0 aliphatic carbocycles. The fourth-order valence-corrected chi connectivity index (χ4v) is 2.37. The normalized spacial score (nSPS) is 26.5. The van der Waals surface area contributed by atoms with E-state index in [1.807, 2.05) is 0 Å². The largest absolute Gasteiger partial charge is 0.313 e. The van der Waals surface area contributed by atoms with Crippen LogP contribution in [0.4, 0.5) is 0 Å². The van der Waals surface area contributed by atoms with Gasteiger partial charge in [0, 0.05) is 19.6 Å². The quantitative estimate of drug-likeness (QED) is 0.797. The molecule has 1 heterocycles. The Morgan fingerprint density at radius 1 is 1.33 bits per heavy atom. The van der Waals surface area contributed by atoms with Crippen molar-refractivity contribution in [2.45, 2.75) is 25.3 Å². The van der Waals surface area contributed by atoms with E-state index in [-0.39, 0.29) is 5.54 Å². The molecule has 1 aliphatic rings. The summed E-state index contributed by atoms with van der Waals surface area (Å²) >= 11 is 0. The Bertz CT molecular complexity index is 283. The second kappa shape index (κ2) is 4.77. The van der Waals surface area contributed by atoms with Crippen LogP contribution in [-0.4, -0.2) is 19.6 Å². The van der Waals surface area contributed by atoms with Crippen LogP contribution < -0.4 is 10.6 Å². The van der Waals surface area contributed by atoms with E-state index in [1.165, 1.54) is 12.0 Å². The molecule has 15 heavy (non-hydrogen) atoms. The molecule has 1 N–H and O–H groups in total. The zero-order chi connectivity index (χ0) is 10.6. The number of nitrogens with one attached hydrogen (secondary N) is 1. The Morgan fingerprint density at radius 2 is 2.13 bits per heavy atom. The molecule has 1 aromatic rings. The molecule has 0 spiro atoms. The van der Waals surface area contributed by atoms with Crippen molar-refractivity contribution in [2.24, 2.45) is 0 Å². The highest BCUT2D eigenvalue weighted by Crippen LogP contribution is 2.28. The minimum absolute atomic E-state index is 0.0360. The van der Waals surface area contributed by atoms with Crippen LogP contribution >= 0.6 is 0 Å². The molecule has 1 aromatic carbocycles. The lowest BCUT2D eigenvalue weighted by Crippen LogP contribution is -2.52. The van der Waals surface area contributed by atoms with E-state index in [1.54, 1.807) is 0 Å². The van der Waals surface area contributed by atoms with Crippen molar-refractivity contribution in [1.82, 2.24) is 10.6 Å². The number of hydrogen-bond acceptors (Lipinski definition) is 1. The maximum Gasteiger partial charge on any atom is 0.0729 e. The van der Waals surface area contributed by atoms with Crippen molar-refractivity contribution in [3.63, 3.8) is 0 Å². The molecule has 2 heteroatoms. The molecular formula is C13H19N2. The Hall–Kier alpha value is -0.860. The van der Waals surface area contributed by atoms with Crippen molar-refractivity contribution in [1.29, 1.82) is 0 Å². The molecule has 2 nitrogen and oxygen atoms in total. The molecule has 1 fully saturated rings. The number of benzene rings is 1. The summed E-state index contributed by atoms with van der Waals surface area (Å²) < 4.78 is 0. The number of nitrogens with zero attached hydrogens (tertiary/aromatic N) is 1. The first-order chi connectivity index (χ1) is 7.37. The van der Waals surface area contributed by atoms with Crippen LogP contribution in [0.1, 0.15) is 25.3 Å². The Morgan fingerprint density at radius 3 is 2.73 bits per heavy atom. The molecule has 0 amide bonds. The predicted molar refractivity (Wildman–Crippen MR) is 62.9 cm³/mol. The first kappa shape index (κ1) is 10.7. The Kier molecular flexibility index (Phi) is 3.39. The summed E-state index contributed by atoms with van der Waals surface area (Å²) in [6, 6.07) is 10.7. The maximum atomic E-state index is 4.86. The second-order valence-corrected chi connectivity index (χ2v) is 4.21. The third-order valence-electron chi connectivity index (χ3n) is 3.10. The Labute approximate surface area is 92.1 Å². The van der Waals surface area contributed by atoms with E-state index in [0.29, 0.717) is 0 Å².